The number of aromatic nitrogens is 2. The summed E-state index contributed by atoms with van der Waals surface area (Å²) >= 11 is 1.46. The van der Waals surface area contributed by atoms with E-state index in [0.29, 0.717) is 23.7 Å². The third kappa shape index (κ3) is 4.00. The highest BCUT2D eigenvalue weighted by Crippen LogP contribution is 2.34. The molecule has 0 saturated carbocycles. The molecule has 1 atom stereocenters. The summed E-state index contributed by atoms with van der Waals surface area (Å²) in [4.78, 5) is 32.6. The SMILES string of the molecule is COC(=O)c1ccc2c(c1)c(C[C@H]1COCCN1c1nc3c(s1)C(=O)NC(C)(C)C3)cn2C. The summed E-state index contributed by atoms with van der Waals surface area (Å²) < 4.78 is 12.8. The number of carbonyl (C=O) groups is 2. The van der Waals surface area contributed by atoms with E-state index in [9.17, 15) is 9.59 Å². The minimum Gasteiger partial charge on any atom is -0.465 e. The van der Waals surface area contributed by atoms with Crippen LogP contribution in [0.4, 0.5) is 5.13 Å². The molecule has 33 heavy (non-hydrogen) atoms. The first-order valence-electron chi connectivity index (χ1n) is 11.1. The average Bonchev–Trinajstić information content (AvgIpc) is 3.33. The van der Waals surface area contributed by atoms with Crippen molar-refractivity contribution in [1.82, 2.24) is 14.9 Å². The smallest absolute Gasteiger partial charge is 0.337 e. The molecule has 8 nitrogen and oxygen atoms in total. The number of aryl methyl sites for hydroxylation is 1. The first kappa shape index (κ1) is 21.9. The highest BCUT2D eigenvalue weighted by molar-refractivity contribution is 7.17. The molecule has 0 radical (unpaired) electrons. The molecule has 9 heteroatoms. The second kappa shape index (κ2) is 8.14. The number of amides is 1. The van der Waals surface area contributed by atoms with E-state index in [1.165, 1.54) is 18.4 Å². The summed E-state index contributed by atoms with van der Waals surface area (Å²) in [6, 6.07) is 5.73. The molecule has 1 aromatic carbocycles. The van der Waals surface area contributed by atoms with Gasteiger partial charge in [0.1, 0.15) is 4.88 Å². The van der Waals surface area contributed by atoms with Crippen LogP contribution < -0.4 is 10.2 Å². The number of benzene rings is 1. The molecule has 2 aromatic heterocycles. The Morgan fingerprint density at radius 2 is 2.21 bits per heavy atom. The molecule has 2 aliphatic rings. The Balaban J connectivity index is 1.47. The van der Waals surface area contributed by atoms with Crippen LogP contribution in [0.2, 0.25) is 0 Å². The maximum Gasteiger partial charge on any atom is 0.337 e. The number of morpholine rings is 1. The zero-order chi connectivity index (χ0) is 23.3. The molecule has 1 fully saturated rings. The zero-order valence-electron chi connectivity index (χ0n) is 19.3. The van der Waals surface area contributed by atoms with Gasteiger partial charge in [-0.2, -0.15) is 0 Å². The fraction of sp³-hybridized carbons (Fsp3) is 0.458. The number of hydrogen-bond acceptors (Lipinski definition) is 7. The molecular formula is C24H28N4O4S. The lowest BCUT2D eigenvalue weighted by Crippen LogP contribution is -2.48. The Bertz CT molecular complexity index is 1240. The van der Waals surface area contributed by atoms with Crippen molar-refractivity contribution in [3.05, 3.63) is 46.1 Å². The van der Waals surface area contributed by atoms with E-state index < -0.39 is 0 Å². The van der Waals surface area contributed by atoms with E-state index in [1.807, 2.05) is 33.0 Å². The Morgan fingerprint density at radius 3 is 3.00 bits per heavy atom. The van der Waals surface area contributed by atoms with Crippen LogP contribution in [0.5, 0.6) is 0 Å². The van der Waals surface area contributed by atoms with Crippen LogP contribution in [0.25, 0.3) is 10.9 Å². The predicted octanol–water partition coefficient (Wildman–Crippen LogP) is 2.93. The van der Waals surface area contributed by atoms with Gasteiger partial charge >= 0.3 is 5.97 Å². The summed E-state index contributed by atoms with van der Waals surface area (Å²) in [5.74, 6) is -0.386. The molecule has 3 aromatic rings. The maximum atomic E-state index is 12.6. The van der Waals surface area contributed by atoms with Crippen LogP contribution in [-0.2, 0) is 29.4 Å². The van der Waals surface area contributed by atoms with Gasteiger partial charge in [-0.05, 0) is 44.0 Å². The van der Waals surface area contributed by atoms with E-state index in [1.54, 1.807) is 6.07 Å². The molecule has 4 heterocycles. The largest absolute Gasteiger partial charge is 0.465 e. The van der Waals surface area contributed by atoms with Crippen LogP contribution in [0.3, 0.4) is 0 Å². The number of carbonyl (C=O) groups excluding carboxylic acids is 2. The van der Waals surface area contributed by atoms with Gasteiger partial charge in [-0.3, -0.25) is 4.79 Å². The van der Waals surface area contributed by atoms with Crippen LogP contribution in [-0.4, -0.2) is 59.9 Å². The number of hydrogen-bond donors (Lipinski definition) is 1. The highest BCUT2D eigenvalue weighted by Gasteiger charge is 2.35. The van der Waals surface area contributed by atoms with E-state index in [0.717, 1.165) is 46.7 Å². The number of fused-ring (bicyclic) bond motifs is 2. The van der Waals surface area contributed by atoms with E-state index >= 15 is 0 Å². The molecule has 0 aliphatic carbocycles. The van der Waals surface area contributed by atoms with Crippen molar-refractivity contribution in [1.29, 1.82) is 0 Å². The normalized spacial score (nSPS) is 19.9. The molecular weight excluding hydrogens is 440 g/mol. The standard InChI is InChI=1S/C24H28N4O4S/c1-24(2)11-18-20(21(29)26-24)33-23(25-18)28-7-8-32-13-16(28)9-15-12-27(3)19-6-5-14(10-17(15)19)22(30)31-4/h5-6,10,12,16H,7-9,11,13H2,1-4H3,(H,26,29)/t16-/m0/s1. The minimum absolute atomic E-state index is 0.0424. The van der Waals surface area contributed by atoms with Crippen molar-refractivity contribution in [2.45, 2.75) is 38.3 Å². The van der Waals surface area contributed by atoms with Crippen molar-refractivity contribution < 1.29 is 19.1 Å². The first-order valence-corrected chi connectivity index (χ1v) is 11.9. The lowest BCUT2D eigenvalue weighted by molar-refractivity contribution is 0.0600. The number of methoxy groups -OCH3 is 1. The zero-order valence-corrected chi connectivity index (χ0v) is 20.1. The van der Waals surface area contributed by atoms with Gasteiger partial charge in [0.2, 0.25) is 0 Å². The summed E-state index contributed by atoms with van der Waals surface area (Å²) in [7, 11) is 3.40. The molecule has 1 N–H and O–H groups in total. The Kier molecular flexibility index (Phi) is 5.41. The predicted molar refractivity (Wildman–Crippen MR) is 127 cm³/mol. The number of thiazole rings is 1. The quantitative estimate of drug-likeness (QED) is 0.593. The number of anilines is 1. The van der Waals surface area contributed by atoms with Gasteiger partial charge in [-0.25, -0.2) is 9.78 Å². The fourth-order valence-electron chi connectivity index (χ4n) is 4.80. The van der Waals surface area contributed by atoms with Gasteiger partial charge in [-0.1, -0.05) is 11.3 Å². The lowest BCUT2D eigenvalue weighted by atomic mass is 9.94. The minimum atomic E-state index is -0.344. The van der Waals surface area contributed by atoms with E-state index in [2.05, 4.69) is 21.0 Å². The Morgan fingerprint density at radius 1 is 1.39 bits per heavy atom. The van der Waals surface area contributed by atoms with Crippen molar-refractivity contribution in [3.8, 4) is 0 Å². The number of rotatable bonds is 4. The summed E-state index contributed by atoms with van der Waals surface area (Å²) in [5, 5.41) is 4.97. The van der Waals surface area contributed by atoms with Crippen molar-refractivity contribution in [3.63, 3.8) is 0 Å². The fourth-order valence-corrected chi connectivity index (χ4v) is 5.87. The Labute approximate surface area is 196 Å². The van der Waals surface area contributed by atoms with Crippen LogP contribution >= 0.6 is 11.3 Å². The third-order valence-corrected chi connectivity index (χ3v) is 7.51. The molecule has 1 amide bonds. The van der Waals surface area contributed by atoms with Gasteiger partial charge in [0.15, 0.2) is 5.13 Å². The van der Waals surface area contributed by atoms with Crippen molar-refractivity contribution in [2.24, 2.45) is 7.05 Å². The van der Waals surface area contributed by atoms with Crippen LogP contribution in [0, 0.1) is 0 Å². The maximum absolute atomic E-state index is 12.6. The monoisotopic (exact) mass is 468 g/mol. The lowest BCUT2D eigenvalue weighted by Gasteiger charge is -2.35. The van der Waals surface area contributed by atoms with Gasteiger partial charge < -0.3 is 24.3 Å². The molecule has 1 saturated heterocycles. The molecule has 2 aliphatic heterocycles. The second-order valence-electron chi connectivity index (χ2n) is 9.40. The summed E-state index contributed by atoms with van der Waals surface area (Å²) in [6.45, 7) is 5.97. The van der Waals surface area contributed by atoms with Gasteiger partial charge in [0, 0.05) is 42.7 Å². The molecule has 0 unspecified atom stereocenters. The van der Waals surface area contributed by atoms with E-state index in [4.69, 9.17) is 14.5 Å². The topological polar surface area (TPSA) is 85.7 Å². The van der Waals surface area contributed by atoms with Crippen LogP contribution in [0.15, 0.2) is 24.4 Å². The number of esters is 1. The number of nitrogens with one attached hydrogen (secondary N) is 1. The van der Waals surface area contributed by atoms with Crippen LogP contribution in [0.1, 0.15) is 45.1 Å². The van der Waals surface area contributed by atoms with Gasteiger partial charge in [0.05, 0.1) is 37.6 Å². The third-order valence-electron chi connectivity index (χ3n) is 6.38. The summed E-state index contributed by atoms with van der Waals surface area (Å²) in [6.07, 6.45) is 3.57. The first-order chi connectivity index (χ1) is 15.8. The van der Waals surface area contributed by atoms with Gasteiger partial charge in [0.25, 0.3) is 5.91 Å². The Hall–Kier alpha value is -2.91. The van der Waals surface area contributed by atoms with Crippen molar-refractivity contribution in [2.75, 3.05) is 31.8 Å². The van der Waals surface area contributed by atoms with E-state index in [-0.39, 0.29) is 23.5 Å². The van der Waals surface area contributed by atoms with Crippen molar-refractivity contribution >= 4 is 39.2 Å². The summed E-state index contributed by atoms with van der Waals surface area (Å²) in [5.41, 5.74) is 3.32. The molecule has 0 bridgehead atoms. The average molecular weight is 469 g/mol. The van der Waals surface area contributed by atoms with Gasteiger partial charge in [-0.15, -0.1) is 0 Å². The number of ether oxygens (including phenoxy) is 2. The molecule has 0 spiro atoms. The molecule has 174 valence electrons. The highest BCUT2D eigenvalue weighted by atomic mass is 32.1. The number of nitrogens with zero attached hydrogens (tertiary/aromatic N) is 3. The molecule has 5 rings (SSSR count). The second-order valence-corrected chi connectivity index (χ2v) is 10.4.